The predicted molar refractivity (Wildman–Crippen MR) is 55.6 cm³/mol. The summed E-state index contributed by atoms with van der Waals surface area (Å²) >= 11 is 0. The van der Waals surface area contributed by atoms with E-state index in [1.54, 1.807) is 0 Å². The van der Waals surface area contributed by atoms with Gasteiger partial charge < -0.3 is 14.9 Å². The molecule has 0 aliphatic rings. The third-order valence-corrected chi connectivity index (χ3v) is 3.02. The molecule has 0 aromatic carbocycles. The van der Waals surface area contributed by atoms with Crippen molar-refractivity contribution in [2.75, 3.05) is 0 Å². The fourth-order valence-electron chi connectivity index (χ4n) is 1.16. The van der Waals surface area contributed by atoms with Crippen LogP contribution in [0.25, 0.3) is 0 Å². The molecule has 0 spiro atoms. The summed E-state index contributed by atoms with van der Waals surface area (Å²) in [5.41, 5.74) is -1.55. The van der Waals surface area contributed by atoms with Gasteiger partial charge in [0.2, 0.25) is 0 Å². The minimum absolute atomic E-state index is 0.154. The summed E-state index contributed by atoms with van der Waals surface area (Å²) in [6, 6.07) is -0.154. The highest BCUT2D eigenvalue weighted by Gasteiger charge is 2.39. The Morgan fingerprint density at radius 2 is 1.90 bits per heavy atom. The number of hydrogen-bond acceptors (Lipinski definition) is 6. The average molecular weight is 357 g/mol. The molecule has 0 amide bonds. The Labute approximate surface area is 116 Å². The van der Waals surface area contributed by atoms with E-state index in [0.29, 0.717) is 0 Å². The van der Waals surface area contributed by atoms with E-state index in [-0.39, 0.29) is 6.07 Å². The second-order valence-electron chi connectivity index (χ2n) is 3.25. The predicted octanol–water partition coefficient (Wildman–Crippen LogP) is 2.75. The Hall–Kier alpha value is -1.76. The first-order chi connectivity index (χ1) is 9.33. The lowest BCUT2D eigenvalue weighted by Crippen LogP contribution is -2.19. The molecule has 118 valence electrons. The summed E-state index contributed by atoms with van der Waals surface area (Å²) in [5.74, 6) is -3.35. The zero-order valence-corrected chi connectivity index (χ0v) is 10.8. The van der Waals surface area contributed by atoms with E-state index in [2.05, 4.69) is 9.72 Å². The summed E-state index contributed by atoms with van der Waals surface area (Å²) < 4.78 is 86.7. The molecule has 0 saturated heterocycles. The van der Waals surface area contributed by atoms with E-state index in [4.69, 9.17) is 10.7 Å². The van der Waals surface area contributed by atoms with Crippen molar-refractivity contribution in [1.82, 2.24) is 4.98 Å². The molecule has 0 aliphatic carbocycles. The molecule has 0 radical (unpaired) electrons. The van der Waals surface area contributed by atoms with E-state index >= 15 is 0 Å². The third-order valence-electron chi connectivity index (χ3n) is 1.83. The molecule has 0 N–H and O–H groups in total. The van der Waals surface area contributed by atoms with Crippen molar-refractivity contribution in [2.45, 2.75) is 17.8 Å². The Bertz CT molecular complexity index is 677. The minimum atomic E-state index is -5.45. The molecule has 0 unspecified atom stereocenters. The standard InChI is InChI=1S/C7H2ClF5N2O5S/c8-21(18,19)6-3(20-7(11,12)13)1-2(4(9)10)5(14-6)15(16)17/h1,4H. The molecule has 1 aromatic rings. The number of nitrogens with zero attached hydrogens (tertiary/aromatic N) is 2. The van der Waals surface area contributed by atoms with Crippen LogP contribution in [0.5, 0.6) is 5.75 Å². The zero-order chi connectivity index (χ0) is 16.6. The van der Waals surface area contributed by atoms with Crippen molar-refractivity contribution < 1.29 is 40.0 Å². The summed E-state index contributed by atoms with van der Waals surface area (Å²) in [5, 5.41) is 8.81. The van der Waals surface area contributed by atoms with E-state index < -0.39 is 48.9 Å². The second-order valence-corrected chi connectivity index (χ2v) is 5.73. The number of pyridine rings is 1. The SMILES string of the molecule is O=[N+]([O-])c1nc(S(=O)(=O)Cl)c(OC(F)(F)F)cc1C(F)F. The first kappa shape index (κ1) is 17.3. The van der Waals surface area contributed by atoms with Gasteiger partial charge in [0, 0.05) is 16.7 Å². The minimum Gasteiger partial charge on any atom is -0.400 e. The van der Waals surface area contributed by atoms with Gasteiger partial charge in [-0.3, -0.25) is 0 Å². The number of halogens is 6. The maximum atomic E-state index is 12.6. The first-order valence-electron chi connectivity index (χ1n) is 4.51. The lowest BCUT2D eigenvalue weighted by Gasteiger charge is -2.10. The van der Waals surface area contributed by atoms with Crippen LogP contribution < -0.4 is 4.74 Å². The van der Waals surface area contributed by atoms with E-state index in [0.717, 1.165) is 0 Å². The van der Waals surface area contributed by atoms with Crippen LogP contribution in [0.15, 0.2) is 11.1 Å². The van der Waals surface area contributed by atoms with Crippen LogP contribution in [-0.4, -0.2) is 24.7 Å². The highest BCUT2D eigenvalue weighted by Crippen LogP contribution is 2.37. The third kappa shape index (κ3) is 4.35. The fourth-order valence-corrected chi connectivity index (χ4v) is 2.03. The van der Waals surface area contributed by atoms with E-state index in [9.17, 15) is 40.5 Å². The van der Waals surface area contributed by atoms with Gasteiger partial charge in [-0.25, -0.2) is 17.2 Å². The van der Waals surface area contributed by atoms with Crippen molar-refractivity contribution in [3.8, 4) is 5.75 Å². The van der Waals surface area contributed by atoms with Gasteiger partial charge in [0.1, 0.15) is 5.56 Å². The molecule has 14 heteroatoms. The van der Waals surface area contributed by atoms with Crippen LogP contribution in [0.4, 0.5) is 27.8 Å². The Morgan fingerprint density at radius 1 is 1.38 bits per heavy atom. The lowest BCUT2D eigenvalue weighted by molar-refractivity contribution is -0.391. The van der Waals surface area contributed by atoms with Gasteiger partial charge in [-0.2, -0.15) is 0 Å². The van der Waals surface area contributed by atoms with Crippen LogP contribution in [0, 0.1) is 10.1 Å². The van der Waals surface area contributed by atoms with Crippen LogP contribution in [0.2, 0.25) is 0 Å². The normalized spacial score (nSPS) is 12.5. The van der Waals surface area contributed by atoms with Gasteiger partial charge >= 0.3 is 26.3 Å². The summed E-state index contributed by atoms with van der Waals surface area (Å²) in [6.45, 7) is 0. The fraction of sp³-hybridized carbons (Fsp3) is 0.286. The molecule has 0 aliphatic heterocycles. The van der Waals surface area contributed by atoms with Crippen LogP contribution >= 0.6 is 10.7 Å². The Balaban J connectivity index is 3.68. The van der Waals surface area contributed by atoms with Crippen molar-refractivity contribution >= 4 is 25.6 Å². The summed E-state index contributed by atoms with van der Waals surface area (Å²) in [7, 11) is -0.264. The lowest BCUT2D eigenvalue weighted by atomic mass is 10.2. The maximum absolute atomic E-state index is 12.6. The molecule has 0 bridgehead atoms. The molecule has 21 heavy (non-hydrogen) atoms. The van der Waals surface area contributed by atoms with Gasteiger partial charge in [-0.05, 0) is 9.91 Å². The van der Waals surface area contributed by atoms with Crippen LogP contribution in [0.1, 0.15) is 12.0 Å². The maximum Gasteiger partial charge on any atom is 0.573 e. The molecule has 0 fully saturated rings. The highest BCUT2D eigenvalue weighted by molar-refractivity contribution is 8.13. The zero-order valence-electron chi connectivity index (χ0n) is 9.27. The largest absolute Gasteiger partial charge is 0.573 e. The summed E-state index contributed by atoms with van der Waals surface area (Å²) in [4.78, 5) is 11.6. The highest BCUT2D eigenvalue weighted by atomic mass is 35.7. The quantitative estimate of drug-likeness (QED) is 0.356. The molecular weight excluding hydrogens is 355 g/mol. The van der Waals surface area contributed by atoms with E-state index in [1.165, 1.54) is 0 Å². The molecule has 7 nitrogen and oxygen atoms in total. The second kappa shape index (κ2) is 5.55. The van der Waals surface area contributed by atoms with Crippen molar-refractivity contribution in [1.29, 1.82) is 0 Å². The van der Waals surface area contributed by atoms with Crippen LogP contribution in [0.3, 0.4) is 0 Å². The van der Waals surface area contributed by atoms with Crippen molar-refractivity contribution in [3.63, 3.8) is 0 Å². The number of ether oxygens (including phenoxy) is 1. The van der Waals surface area contributed by atoms with Gasteiger partial charge in [0.05, 0.1) is 0 Å². The topological polar surface area (TPSA) is 99.4 Å². The van der Waals surface area contributed by atoms with Gasteiger partial charge in [0.15, 0.2) is 5.75 Å². The molecule has 1 aromatic heterocycles. The molecular formula is C7H2ClF5N2O5S. The Kier molecular flexibility index (Phi) is 4.57. The number of alkyl halides is 5. The summed E-state index contributed by atoms with van der Waals surface area (Å²) in [6.07, 6.45) is -9.05. The van der Waals surface area contributed by atoms with Crippen molar-refractivity contribution in [2.24, 2.45) is 0 Å². The number of nitro groups is 1. The Morgan fingerprint density at radius 3 is 2.24 bits per heavy atom. The van der Waals surface area contributed by atoms with Gasteiger partial charge in [0.25, 0.3) is 6.43 Å². The monoisotopic (exact) mass is 356 g/mol. The average Bonchev–Trinajstić information content (AvgIpc) is 2.23. The van der Waals surface area contributed by atoms with Crippen LogP contribution in [-0.2, 0) is 9.05 Å². The van der Waals surface area contributed by atoms with Gasteiger partial charge in [-0.1, -0.05) is 0 Å². The van der Waals surface area contributed by atoms with E-state index in [1.807, 2.05) is 0 Å². The number of hydrogen-bond donors (Lipinski definition) is 0. The number of aromatic nitrogens is 1. The molecule has 0 atom stereocenters. The molecule has 1 heterocycles. The smallest absolute Gasteiger partial charge is 0.400 e. The van der Waals surface area contributed by atoms with Gasteiger partial charge in [-0.15, -0.1) is 13.2 Å². The number of rotatable bonds is 4. The first-order valence-corrected chi connectivity index (χ1v) is 6.81. The van der Waals surface area contributed by atoms with Crippen molar-refractivity contribution in [3.05, 3.63) is 21.7 Å². The molecule has 1 rings (SSSR count). The molecule has 0 saturated carbocycles.